The standard InChI is InChI=1S/C24H22N2O3/c1-15-9-11-17(12-10-15)25-23(16-7-5-4-6-8-16)22-18-13-20(28-2)21(29-3)14-19(18)26-24(22)27/h4-14,26-27H,1-3H3. The topological polar surface area (TPSA) is 66.8 Å². The number of aromatic amines is 1. The van der Waals surface area contributed by atoms with Crippen molar-refractivity contribution in [2.45, 2.75) is 6.92 Å². The zero-order chi connectivity index (χ0) is 20.4. The Morgan fingerprint density at radius 3 is 2.21 bits per heavy atom. The molecule has 1 heterocycles. The Hall–Kier alpha value is -3.73. The summed E-state index contributed by atoms with van der Waals surface area (Å²) in [6.45, 7) is 2.04. The molecule has 0 radical (unpaired) electrons. The first-order valence-corrected chi connectivity index (χ1v) is 9.28. The summed E-state index contributed by atoms with van der Waals surface area (Å²) in [5, 5.41) is 11.6. The number of H-pyrrole nitrogens is 1. The van der Waals surface area contributed by atoms with Crippen molar-refractivity contribution in [1.29, 1.82) is 0 Å². The third kappa shape index (κ3) is 3.55. The summed E-state index contributed by atoms with van der Waals surface area (Å²) in [5.74, 6) is 1.22. The van der Waals surface area contributed by atoms with Gasteiger partial charge in [0.2, 0.25) is 0 Å². The smallest absolute Gasteiger partial charge is 0.199 e. The van der Waals surface area contributed by atoms with Gasteiger partial charge in [-0.15, -0.1) is 0 Å². The molecular weight excluding hydrogens is 364 g/mol. The van der Waals surface area contributed by atoms with Gasteiger partial charge in [0.25, 0.3) is 0 Å². The molecule has 0 saturated heterocycles. The van der Waals surface area contributed by atoms with E-state index in [-0.39, 0.29) is 5.88 Å². The highest BCUT2D eigenvalue weighted by Gasteiger charge is 2.20. The average molecular weight is 386 g/mol. The van der Waals surface area contributed by atoms with Crippen LogP contribution >= 0.6 is 0 Å². The number of aromatic nitrogens is 1. The van der Waals surface area contributed by atoms with Gasteiger partial charge in [0.15, 0.2) is 17.4 Å². The van der Waals surface area contributed by atoms with Crippen LogP contribution in [-0.4, -0.2) is 30.0 Å². The molecule has 0 fully saturated rings. The predicted molar refractivity (Wildman–Crippen MR) is 116 cm³/mol. The Bertz CT molecular complexity index is 1180. The fraction of sp³-hybridized carbons (Fsp3) is 0.125. The number of nitrogens with one attached hydrogen (secondary N) is 1. The minimum Gasteiger partial charge on any atom is -0.494 e. The molecule has 1 aromatic heterocycles. The van der Waals surface area contributed by atoms with Crippen molar-refractivity contribution in [2.24, 2.45) is 4.99 Å². The van der Waals surface area contributed by atoms with E-state index in [9.17, 15) is 5.11 Å². The fourth-order valence-electron chi connectivity index (χ4n) is 3.36. The van der Waals surface area contributed by atoms with Crippen molar-refractivity contribution in [3.63, 3.8) is 0 Å². The maximum absolute atomic E-state index is 10.8. The molecule has 0 bridgehead atoms. The minimum atomic E-state index is 0.0463. The Morgan fingerprint density at radius 1 is 0.897 bits per heavy atom. The lowest BCUT2D eigenvalue weighted by molar-refractivity contribution is 0.356. The van der Waals surface area contributed by atoms with Crippen LogP contribution in [0.15, 0.2) is 71.7 Å². The molecule has 3 aromatic carbocycles. The van der Waals surface area contributed by atoms with E-state index >= 15 is 0 Å². The van der Waals surface area contributed by atoms with Crippen LogP contribution in [0.4, 0.5) is 5.69 Å². The molecule has 0 amide bonds. The van der Waals surface area contributed by atoms with Gasteiger partial charge in [-0.1, -0.05) is 48.0 Å². The van der Waals surface area contributed by atoms with E-state index in [0.717, 1.165) is 27.7 Å². The number of nitrogens with zero attached hydrogens (tertiary/aromatic N) is 1. The largest absolute Gasteiger partial charge is 0.494 e. The van der Waals surface area contributed by atoms with Gasteiger partial charge < -0.3 is 19.6 Å². The number of hydrogen-bond acceptors (Lipinski definition) is 4. The number of aromatic hydroxyl groups is 1. The second-order valence-corrected chi connectivity index (χ2v) is 6.76. The number of benzene rings is 3. The first-order valence-electron chi connectivity index (χ1n) is 9.28. The molecule has 0 aliphatic carbocycles. The van der Waals surface area contributed by atoms with Crippen LogP contribution in [0.5, 0.6) is 17.4 Å². The van der Waals surface area contributed by atoms with Gasteiger partial charge in [-0.05, 0) is 25.1 Å². The Morgan fingerprint density at radius 2 is 1.55 bits per heavy atom. The average Bonchev–Trinajstić information content (AvgIpc) is 3.07. The Kier molecular flexibility index (Phi) is 4.96. The first kappa shape index (κ1) is 18.6. The van der Waals surface area contributed by atoms with Crippen molar-refractivity contribution in [3.8, 4) is 17.4 Å². The quantitative estimate of drug-likeness (QED) is 0.453. The monoisotopic (exact) mass is 386 g/mol. The summed E-state index contributed by atoms with van der Waals surface area (Å²) in [6.07, 6.45) is 0. The van der Waals surface area contributed by atoms with Crippen molar-refractivity contribution in [3.05, 3.63) is 83.4 Å². The number of ether oxygens (including phenoxy) is 2. The number of rotatable bonds is 5. The van der Waals surface area contributed by atoms with E-state index in [4.69, 9.17) is 14.5 Å². The van der Waals surface area contributed by atoms with Crippen molar-refractivity contribution in [1.82, 2.24) is 4.98 Å². The van der Waals surface area contributed by atoms with Crippen molar-refractivity contribution in [2.75, 3.05) is 14.2 Å². The number of hydrogen-bond donors (Lipinski definition) is 2. The number of aryl methyl sites for hydroxylation is 1. The van der Waals surface area contributed by atoms with Crippen LogP contribution in [0.25, 0.3) is 10.9 Å². The molecule has 4 rings (SSSR count). The third-order valence-electron chi connectivity index (χ3n) is 4.84. The number of methoxy groups -OCH3 is 2. The van der Waals surface area contributed by atoms with Crippen molar-refractivity contribution < 1.29 is 14.6 Å². The highest BCUT2D eigenvalue weighted by Crippen LogP contribution is 2.38. The zero-order valence-corrected chi connectivity index (χ0v) is 16.6. The molecule has 0 aliphatic rings. The molecule has 5 heteroatoms. The molecule has 0 unspecified atom stereocenters. The third-order valence-corrected chi connectivity index (χ3v) is 4.84. The summed E-state index contributed by atoms with van der Waals surface area (Å²) in [4.78, 5) is 7.92. The summed E-state index contributed by atoms with van der Waals surface area (Å²) < 4.78 is 10.9. The van der Waals surface area contributed by atoms with E-state index in [2.05, 4.69) is 4.98 Å². The molecule has 5 nitrogen and oxygen atoms in total. The SMILES string of the molecule is COc1cc2[nH]c(O)c(C(=Nc3ccc(C)cc3)c3ccccc3)c2cc1OC. The number of aliphatic imine (C=N–C) groups is 1. The zero-order valence-electron chi connectivity index (χ0n) is 16.6. The molecule has 0 atom stereocenters. The highest BCUT2D eigenvalue weighted by atomic mass is 16.5. The highest BCUT2D eigenvalue weighted by molar-refractivity contribution is 6.22. The van der Waals surface area contributed by atoms with Crippen LogP contribution in [0, 0.1) is 6.92 Å². The van der Waals surface area contributed by atoms with E-state index < -0.39 is 0 Å². The van der Waals surface area contributed by atoms with Crippen LogP contribution in [0.2, 0.25) is 0 Å². The lowest BCUT2D eigenvalue weighted by atomic mass is 10.0. The molecule has 0 spiro atoms. The minimum absolute atomic E-state index is 0.0463. The Labute approximate surface area is 169 Å². The van der Waals surface area contributed by atoms with Gasteiger partial charge >= 0.3 is 0 Å². The summed E-state index contributed by atoms with van der Waals surface area (Å²) in [7, 11) is 3.18. The summed E-state index contributed by atoms with van der Waals surface area (Å²) >= 11 is 0. The molecule has 146 valence electrons. The predicted octanol–water partition coefficient (Wildman–Crippen LogP) is 5.37. The summed E-state index contributed by atoms with van der Waals surface area (Å²) in [6, 6.07) is 21.5. The maximum atomic E-state index is 10.8. The molecule has 29 heavy (non-hydrogen) atoms. The van der Waals surface area contributed by atoms with Gasteiger partial charge in [0, 0.05) is 17.0 Å². The van der Waals surface area contributed by atoms with Gasteiger partial charge in [-0.3, -0.25) is 0 Å². The molecule has 2 N–H and O–H groups in total. The van der Waals surface area contributed by atoms with E-state index in [0.29, 0.717) is 22.8 Å². The van der Waals surface area contributed by atoms with E-state index in [1.54, 1.807) is 14.2 Å². The second-order valence-electron chi connectivity index (χ2n) is 6.76. The normalized spacial score (nSPS) is 11.6. The lowest BCUT2D eigenvalue weighted by Crippen LogP contribution is -2.03. The maximum Gasteiger partial charge on any atom is 0.199 e. The second kappa shape index (κ2) is 7.72. The fourth-order valence-corrected chi connectivity index (χ4v) is 3.36. The summed E-state index contributed by atoms with van der Waals surface area (Å²) in [5.41, 5.74) is 4.90. The van der Waals surface area contributed by atoms with Gasteiger partial charge in [0.1, 0.15) is 0 Å². The van der Waals surface area contributed by atoms with Gasteiger partial charge in [-0.2, -0.15) is 0 Å². The van der Waals surface area contributed by atoms with Crippen LogP contribution in [0.3, 0.4) is 0 Å². The van der Waals surface area contributed by atoms with Crippen LogP contribution in [0.1, 0.15) is 16.7 Å². The van der Waals surface area contributed by atoms with Crippen molar-refractivity contribution >= 4 is 22.3 Å². The Balaban J connectivity index is 1.99. The van der Waals surface area contributed by atoms with Gasteiger partial charge in [0.05, 0.1) is 36.7 Å². The van der Waals surface area contributed by atoms with Gasteiger partial charge in [-0.25, -0.2) is 4.99 Å². The van der Waals surface area contributed by atoms with E-state index in [1.807, 2.05) is 73.7 Å². The van der Waals surface area contributed by atoms with E-state index in [1.165, 1.54) is 0 Å². The molecule has 4 aromatic rings. The molecule has 0 saturated carbocycles. The molecule has 0 aliphatic heterocycles. The van der Waals surface area contributed by atoms with Crippen LogP contribution < -0.4 is 9.47 Å². The lowest BCUT2D eigenvalue weighted by Gasteiger charge is -2.10. The number of fused-ring (bicyclic) bond motifs is 1. The first-order chi connectivity index (χ1) is 14.1. The molecular formula is C24H22N2O3. The van der Waals surface area contributed by atoms with Crippen LogP contribution in [-0.2, 0) is 0 Å².